The van der Waals surface area contributed by atoms with Crippen molar-refractivity contribution in [2.45, 2.75) is 11.4 Å². The van der Waals surface area contributed by atoms with Crippen LogP contribution >= 0.6 is 11.8 Å². The number of hydrogen-bond donors (Lipinski definition) is 1. The van der Waals surface area contributed by atoms with Crippen molar-refractivity contribution in [2.24, 2.45) is 0 Å². The Morgan fingerprint density at radius 2 is 1.73 bits per heavy atom. The molecule has 2 aromatic carbocycles. The summed E-state index contributed by atoms with van der Waals surface area (Å²) < 4.78 is 0. The van der Waals surface area contributed by atoms with E-state index in [1.165, 1.54) is 11.8 Å². The SMILES string of the molecule is O=C(CSc1cccc(C(=O)NCc2cccnc2)c1)c1ccccc1. The van der Waals surface area contributed by atoms with Crippen molar-refractivity contribution in [2.75, 3.05) is 5.75 Å². The van der Waals surface area contributed by atoms with E-state index in [0.717, 1.165) is 10.5 Å². The summed E-state index contributed by atoms with van der Waals surface area (Å²) in [5.41, 5.74) is 2.22. The lowest BCUT2D eigenvalue weighted by Gasteiger charge is -2.07. The number of nitrogens with zero attached hydrogens (tertiary/aromatic N) is 1. The Kier molecular flexibility index (Phi) is 6.17. The highest BCUT2D eigenvalue weighted by molar-refractivity contribution is 8.00. The molecule has 3 aromatic rings. The zero-order chi connectivity index (χ0) is 18.2. The summed E-state index contributed by atoms with van der Waals surface area (Å²) in [6.07, 6.45) is 3.42. The van der Waals surface area contributed by atoms with Gasteiger partial charge in [-0.15, -0.1) is 11.8 Å². The van der Waals surface area contributed by atoms with Gasteiger partial charge < -0.3 is 5.32 Å². The number of benzene rings is 2. The Labute approximate surface area is 156 Å². The van der Waals surface area contributed by atoms with E-state index in [1.54, 1.807) is 18.5 Å². The number of hydrogen-bond acceptors (Lipinski definition) is 4. The van der Waals surface area contributed by atoms with Gasteiger partial charge in [0.05, 0.1) is 5.75 Å². The molecule has 0 saturated carbocycles. The molecule has 26 heavy (non-hydrogen) atoms. The van der Waals surface area contributed by atoms with E-state index < -0.39 is 0 Å². The molecule has 5 heteroatoms. The molecular formula is C21H18N2O2S. The van der Waals surface area contributed by atoms with Gasteiger partial charge in [0.1, 0.15) is 0 Å². The lowest BCUT2D eigenvalue weighted by molar-refractivity contribution is 0.0950. The molecular weight excluding hydrogens is 344 g/mol. The second-order valence-electron chi connectivity index (χ2n) is 5.65. The predicted octanol–water partition coefficient (Wildman–Crippen LogP) is 3.99. The third-order valence-electron chi connectivity index (χ3n) is 3.74. The van der Waals surface area contributed by atoms with E-state index in [2.05, 4.69) is 10.3 Å². The Bertz CT molecular complexity index is 883. The van der Waals surface area contributed by atoms with Crippen LogP contribution in [-0.2, 0) is 6.54 Å². The summed E-state index contributed by atoms with van der Waals surface area (Å²) >= 11 is 1.43. The van der Waals surface area contributed by atoms with Gasteiger partial charge in [-0.25, -0.2) is 0 Å². The maximum atomic E-state index is 12.3. The lowest BCUT2D eigenvalue weighted by atomic mass is 10.2. The number of ketones is 1. The molecule has 1 aromatic heterocycles. The zero-order valence-electron chi connectivity index (χ0n) is 14.1. The molecule has 1 N–H and O–H groups in total. The van der Waals surface area contributed by atoms with Crippen LogP contribution in [0.5, 0.6) is 0 Å². The van der Waals surface area contributed by atoms with Crippen LogP contribution in [0.25, 0.3) is 0 Å². The minimum absolute atomic E-state index is 0.0713. The fraction of sp³-hybridized carbons (Fsp3) is 0.0952. The number of aromatic nitrogens is 1. The first-order chi connectivity index (χ1) is 12.7. The van der Waals surface area contributed by atoms with E-state index in [-0.39, 0.29) is 11.7 Å². The molecule has 130 valence electrons. The normalized spacial score (nSPS) is 10.3. The van der Waals surface area contributed by atoms with Crippen molar-refractivity contribution in [3.63, 3.8) is 0 Å². The maximum absolute atomic E-state index is 12.3. The average molecular weight is 362 g/mol. The highest BCUT2D eigenvalue weighted by atomic mass is 32.2. The molecule has 0 fully saturated rings. The van der Waals surface area contributed by atoms with Crippen molar-refractivity contribution in [1.29, 1.82) is 0 Å². The van der Waals surface area contributed by atoms with Gasteiger partial charge in [-0.05, 0) is 29.8 Å². The van der Waals surface area contributed by atoms with Gasteiger partial charge in [-0.1, -0.05) is 42.5 Å². The molecule has 0 spiro atoms. The molecule has 0 aliphatic heterocycles. The number of pyridine rings is 1. The summed E-state index contributed by atoms with van der Waals surface area (Å²) in [5.74, 6) is 0.262. The molecule has 0 bridgehead atoms. The minimum Gasteiger partial charge on any atom is -0.348 e. The average Bonchev–Trinajstić information content (AvgIpc) is 2.72. The topological polar surface area (TPSA) is 59.1 Å². The van der Waals surface area contributed by atoms with Crippen molar-refractivity contribution < 1.29 is 9.59 Å². The van der Waals surface area contributed by atoms with Gasteiger partial charge in [0, 0.05) is 35.0 Å². The Balaban J connectivity index is 1.57. The summed E-state index contributed by atoms with van der Waals surface area (Å²) in [5, 5.41) is 2.88. The number of nitrogens with one attached hydrogen (secondary N) is 1. The van der Waals surface area contributed by atoms with Crippen molar-refractivity contribution >= 4 is 23.5 Å². The summed E-state index contributed by atoms with van der Waals surface area (Å²) in [6.45, 7) is 0.427. The van der Waals surface area contributed by atoms with Crippen LogP contribution in [0.15, 0.2) is 84.0 Å². The van der Waals surface area contributed by atoms with Crippen molar-refractivity contribution in [1.82, 2.24) is 10.3 Å². The molecule has 0 atom stereocenters. The quantitative estimate of drug-likeness (QED) is 0.510. The van der Waals surface area contributed by atoms with Crippen molar-refractivity contribution in [3.8, 4) is 0 Å². The van der Waals surface area contributed by atoms with E-state index >= 15 is 0 Å². The number of amides is 1. The number of Topliss-reactive ketones (excluding diaryl/α,β-unsaturated/α-hetero) is 1. The molecule has 1 amide bonds. The number of rotatable bonds is 7. The van der Waals surface area contributed by atoms with E-state index in [0.29, 0.717) is 23.4 Å². The van der Waals surface area contributed by atoms with Crippen LogP contribution in [0.3, 0.4) is 0 Å². The van der Waals surface area contributed by atoms with Crippen LogP contribution < -0.4 is 5.32 Å². The Morgan fingerprint density at radius 3 is 2.50 bits per heavy atom. The highest BCUT2D eigenvalue weighted by Crippen LogP contribution is 2.20. The Hall–Kier alpha value is -2.92. The van der Waals surface area contributed by atoms with Gasteiger partial charge in [0.25, 0.3) is 5.91 Å². The molecule has 0 saturated heterocycles. The molecule has 0 aliphatic carbocycles. The second-order valence-corrected chi connectivity index (χ2v) is 6.70. The number of carbonyl (C=O) groups is 2. The van der Waals surface area contributed by atoms with Gasteiger partial charge >= 0.3 is 0 Å². The molecule has 0 radical (unpaired) electrons. The van der Waals surface area contributed by atoms with Crippen LogP contribution in [-0.4, -0.2) is 22.4 Å². The van der Waals surface area contributed by atoms with Gasteiger partial charge in [-0.3, -0.25) is 14.6 Å². The van der Waals surface area contributed by atoms with E-state index in [4.69, 9.17) is 0 Å². The standard InChI is InChI=1S/C21H18N2O2S/c24-20(17-7-2-1-3-8-17)15-26-19-10-4-9-18(12-19)21(25)23-14-16-6-5-11-22-13-16/h1-13H,14-15H2,(H,23,25). The lowest BCUT2D eigenvalue weighted by Crippen LogP contribution is -2.22. The van der Waals surface area contributed by atoms with Crippen molar-refractivity contribution in [3.05, 3.63) is 95.8 Å². The van der Waals surface area contributed by atoms with Crippen LogP contribution in [0.4, 0.5) is 0 Å². The van der Waals surface area contributed by atoms with Gasteiger partial charge in [0.15, 0.2) is 5.78 Å². The predicted molar refractivity (Wildman–Crippen MR) is 103 cm³/mol. The first kappa shape index (κ1) is 17.9. The number of carbonyl (C=O) groups excluding carboxylic acids is 2. The van der Waals surface area contributed by atoms with Crippen LogP contribution in [0, 0.1) is 0 Å². The molecule has 0 aliphatic rings. The monoisotopic (exact) mass is 362 g/mol. The van der Waals surface area contributed by atoms with E-state index in [1.807, 2.05) is 60.7 Å². The third-order valence-corrected chi connectivity index (χ3v) is 4.73. The summed E-state index contributed by atoms with van der Waals surface area (Å²) in [4.78, 5) is 29.4. The third kappa shape index (κ3) is 5.04. The molecule has 3 rings (SSSR count). The van der Waals surface area contributed by atoms with Gasteiger partial charge in [0.2, 0.25) is 0 Å². The first-order valence-electron chi connectivity index (χ1n) is 8.20. The smallest absolute Gasteiger partial charge is 0.251 e. The zero-order valence-corrected chi connectivity index (χ0v) is 14.9. The maximum Gasteiger partial charge on any atom is 0.251 e. The largest absolute Gasteiger partial charge is 0.348 e. The fourth-order valence-electron chi connectivity index (χ4n) is 2.37. The van der Waals surface area contributed by atoms with Gasteiger partial charge in [-0.2, -0.15) is 0 Å². The molecule has 1 heterocycles. The minimum atomic E-state index is -0.148. The first-order valence-corrected chi connectivity index (χ1v) is 9.19. The fourth-order valence-corrected chi connectivity index (χ4v) is 3.22. The number of thioether (sulfide) groups is 1. The molecule has 0 unspecified atom stereocenters. The summed E-state index contributed by atoms with van der Waals surface area (Å²) in [6, 6.07) is 20.3. The molecule has 4 nitrogen and oxygen atoms in total. The highest BCUT2D eigenvalue weighted by Gasteiger charge is 2.09. The van der Waals surface area contributed by atoms with Crippen LogP contribution in [0.2, 0.25) is 0 Å². The second kappa shape index (κ2) is 8.97. The Morgan fingerprint density at radius 1 is 0.923 bits per heavy atom. The van der Waals surface area contributed by atoms with Crippen LogP contribution in [0.1, 0.15) is 26.3 Å². The van der Waals surface area contributed by atoms with E-state index in [9.17, 15) is 9.59 Å². The summed E-state index contributed by atoms with van der Waals surface area (Å²) in [7, 11) is 0.